The third-order valence-corrected chi connectivity index (χ3v) is 5.60. The van der Waals surface area contributed by atoms with Gasteiger partial charge >= 0.3 is 0 Å². The molecule has 2 heterocycles. The first kappa shape index (κ1) is 17.4. The van der Waals surface area contributed by atoms with Crippen molar-refractivity contribution in [1.29, 1.82) is 0 Å². The number of aromatic nitrogens is 1. The molecule has 0 fully saturated rings. The smallest absolute Gasteiger partial charge is 0.252 e. The minimum Gasteiger partial charge on any atom is -0.345 e. The van der Waals surface area contributed by atoms with Crippen LogP contribution >= 0.6 is 11.3 Å². The molecule has 0 spiro atoms. The number of hydrogen-bond acceptors (Lipinski definition) is 4. The van der Waals surface area contributed by atoms with Crippen LogP contribution in [0.1, 0.15) is 34.1 Å². The van der Waals surface area contributed by atoms with E-state index in [2.05, 4.69) is 10.3 Å². The Morgan fingerprint density at radius 1 is 1.15 bits per heavy atom. The second-order valence-electron chi connectivity index (χ2n) is 6.58. The zero-order valence-electron chi connectivity index (χ0n) is 14.9. The number of rotatable bonds is 5. The van der Waals surface area contributed by atoms with Gasteiger partial charge in [-0.3, -0.25) is 9.59 Å². The number of benzene rings is 2. The summed E-state index contributed by atoms with van der Waals surface area (Å²) in [5.41, 5.74) is 3.49. The van der Waals surface area contributed by atoms with Crippen LogP contribution in [0.5, 0.6) is 0 Å². The SMILES string of the molecule is CN(Cc1csc(-c2ccccc2)n1)C(=O)C[C@@H]1NC(=O)c2ccccc21. The fraction of sp³-hybridized carbons (Fsp3) is 0.190. The maximum Gasteiger partial charge on any atom is 0.252 e. The Hall–Kier alpha value is -2.99. The number of carbonyl (C=O) groups excluding carboxylic acids is 2. The van der Waals surface area contributed by atoms with Crippen LogP contribution in [0.25, 0.3) is 10.6 Å². The number of thiazole rings is 1. The molecule has 5 nitrogen and oxygen atoms in total. The first-order chi connectivity index (χ1) is 13.1. The van der Waals surface area contributed by atoms with E-state index >= 15 is 0 Å². The zero-order valence-corrected chi connectivity index (χ0v) is 15.7. The number of nitrogens with one attached hydrogen (secondary N) is 1. The molecule has 0 saturated heterocycles. The lowest BCUT2D eigenvalue weighted by atomic mass is 10.0. The summed E-state index contributed by atoms with van der Waals surface area (Å²) < 4.78 is 0. The Labute approximate surface area is 161 Å². The van der Waals surface area contributed by atoms with Crippen molar-refractivity contribution in [3.8, 4) is 10.6 Å². The molecule has 0 unspecified atom stereocenters. The summed E-state index contributed by atoms with van der Waals surface area (Å²) in [7, 11) is 1.77. The summed E-state index contributed by atoms with van der Waals surface area (Å²) in [4.78, 5) is 31.0. The van der Waals surface area contributed by atoms with Gasteiger partial charge in [0.25, 0.3) is 5.91 Å². The Morgan fingerprint density at radius 2 is 1.89 bits per heavy atom. The summed E-state index contributed by atoms with van der Waals surface area (Å²) in [6, 6.07) is 17.2. The molecule has 0 saturated carbocycles. The molecular formula is C21H19N3O2S. The van der Waals surface area contributed by atoms with Crippen LogP contribution in [-0.2, 0) is 11.3 Å². The largest absolute Gasteiger partial charge is 0.345 e. The monoisotopic (exact) mass is 377 g/mol. The van der Waals surface area contributed by atoms with Gasteiger partial charge in [0.2, 0.25) is 5.91 Å². The van der Waals surface area contributed by atoms with E-state index in [1.165, 1.54) is 0 Å². The predicted molar refractivity (Wildman–Crippen MR) is 105 cm³/mol. The summed E-state index contributed by atoms with van der Waals surface area (Å²) in [5.74, 6) is -0.135. The summed E-state index contributed by atoms with van der Waals surface area (Å²) in [6.45, 7) is 0.449. The first-order valence-corrected chi connectivity index (χ1v) is 9.63. The van der Waals surface area contributed by atoms with Crippen LogP contribution in [0.15, 0.2) is 60.0 Å². The molecule has 3 aromatic rings. The van der Waals surface area contributed by atoms with Gasteiger partial charge in [-0.25, -0.2) is 4.98 Å². The Bertz CT molecular complexity index is 984. The molecule has 1 aliphatic heterocycles. The predicted octanol–water partition coefficient (Wildman–Crippen LogP) is 3.64. The standard InChI is InChI=1S/C21H19N3O2S/c1-24(12-15-13-27-21(22-15)14-7-3-2-4-8-14)19(25)11-18-16-9-5-6-10-17(16)20(26)23-18/h2-10,13,18H,11-12H2,1H3,(H,23,26)/t18-/m0/s1. The van der Waals surface area contributed by atoms with Crippen LogP contribution in [0.4, 0.5) is 0 Å². The highest BCUT2D eigenvalue weighted by Crippen LogP contribution is 2.28. The molecule has 6 heteroatoms. The van der Waals surface area contributed by atoms with Crippen molar-refractivity contribution < 1.29 is 9.59 Å². The Morgan fingerprint density at radius 3 is 2.70 bits per heavy atom. The molecule has 2 aromatic carbocycles. The molecule has 0 radical (unpaired) electrons. The van der Waals surface area contributed by atoms with E-state index in [4.69, 9.17) is 0 Å². The van der Waals surface area contributed by atoms with Crippen molar-refractivity contribution in [2.75, 3.05) is 7.05 Å². The van der Waals surface area contributed by atoms with Crippen LogP contribution in [-0.4, -0.2) is 28.7 Å². The molecule has 0 aliphatic carbocycles. The van der Waals surface area contributed by atoms with E-state index in [1.807, 2.05) is 53.9 Å². The minimum absolute atomic E-state index is 0.0220. The van der Waals surface area contributed by atoms with Crippen LogP contribution in [0, 0.1) is 0 Å². The molecule has 0 bridgehead atoms. The third kappa shape index (κ3) is 3.61. The molecule has 136 valence electrons. The van der Waals surface area contributed by atoms with Crippen molar-refractivity contribution in [2.24, 2.45) is 0 Å². The molecule has 1 aliphatic rings. The second kappa shape index (κ2) is 7.32. The number of fused-ring (bicyclic) bond motifs is 1. The van der Waals surface area contributed by atoms with Crippen molar-refractivity contribution in [2.45, 2.75) is 19.0 Å². The lowest BCUT2D eigenvalue weighted by Gasteiger charge is -2.19. The zero-order chi connectivity index (χ0) is 18.8. The first-order valence-electron chi connectivity index (χ1n) is 8.75. The van der Waals surface area contributed by atoms with Gasteiger partial charge in [-0.15, -0.1) is 11.3 Å². The van der Waals surface area contributed by atoms with Crippen molar-refractivity contribution in [3.63, 3.8) is 0 Å². The average molecular weight is 377 g/mol. The summed E-state index contributed by atoms with van der Waals surface area (Å²) >= 11 is 1.57. The van der Waals surface area contributed by atoms with Crippen molar-refractivity contribution in [1.82, 2.24) is 15.2 Å². The van der Waals surface area contributed by atoms with Crippen LogP contribution < -0.4 is 5.32 Å². The van der Waals surface area contributed by atoms with Gasteiger partial charge in [-0.1, -0.05) is 48.5 Å². The van der Waals surface area contributed by atoms with Gasteiger partial charge in [0.05, 0.1) is 24.7 Å². The fourth-order valence-corrected chi connectivity index (χ4v) is 4.05. The third-order valence-electron chi connectivity index (χ3n) is 4.66. The normalized spacial score (nSPS) is 15.3. The van der Waals surface area contributed by atoms with Gasteiger partial charge in [-0.2, -0.15) is 0 Å². The highest BCUT2D eigenvalue weighted by atomic mass is 32.1. The number of amides is 2. The number of hydrogen-bond donors (Lipinski definition) is 1. The summed E-state index contributed by atoms with van der Waals surface area (Å²) in [5, 5.41) is 5.83. The number of carbonyl (C=O) groups is 2. The van der Waals surface area contributed by atoms with Gasteiger partial charge in [0, 0.05) is 23.6 Å². The molecule has 1 aromatic heterocycles. The van der Waals surface area contributed by atoms with E-state index in [9.17, 15) is 9.59 Å². The Kier molecular flexibility index (Phi) is 4.73. The molecule has 1 N–H and O–H groups in total. The second-order valence-corrected chi connectivity index (χ2v) is 7.44. The van der Waals surface area contributed by atoms with E-state index in [-0.39, 0.29) is 24.3 Å². The van der Waals surface area contributed by atoms with Crippen LogP contribution in [0.2, 0.25) is 0 Å². The number of nitrogens with zero attached hydrogens (tertiary/aromatic N) is 2. The molecule has 1 atom stereocenters. The van der Waals surface area contributed by atoms with E-state index in [0.29, 0.717) is 12.1 Å². The van der Waals surface area contributed by atoms with E-state index in [0.717, 1.165) is 21.8 Å². The van der Waals surface area contributed by atoms with Crippen molar-refractivity contribution in [3.05, 3.63) is 76.8 Å². The minimum atomic E-state index is -0.265. The average Bonchev–Trinajstić information content (AvgIpc) is 3.28. The van der Waals surface area contributed by atoms with Gasteiger partial charge in [-0.05, 0) is 11.6 Å². The van der Waals surface area contributed by atoms with Gasteiger partial charge in [0.15, 0.2) is 0 Å². The van der Waals surface area contributed by atoms with Crippen LogP contribution in [0.3, 0.4) is 0 Å². The quantitative estimate of drug-likeness (QED) is 0.738. The lowest BCUT2D eigenvalue weighted by molar-refractivity contribution is -0.130. The van der Waals surface area contributed by atoms with E-state index < -0.39 is 0 Å². The summed E-state index contributed by atoms with van der Waals surface area (Å²) in [6.07, 6.45) is 0.245. The topological polar surface area (TPSA) is 62.3 Å². The maximum atomic E-state index is 12.6. The maximum absolute atomic E-state index is 12.6. The highest BCUT2D eigenvalue weighted by Gasteiger charge is 2.30. The Balaban J connectivity index is 1.41. The lowest BCUT2D eigenvalue weighted by Crippen LogP contribution is -2.30. The van der Waals surface area contributed by atoms with Gasteiger partial charge in [0.1, 0.15) is 5.01 Å². The molecular weight excluding hydrogens is 358 g/mol. The fourth-order valence-electron chi connectivity index (χ4n) is 3.24. The van der Waals surface area contributed by atoms with Gasteiger partial charge < -0.3 is 10.2 Å². The van der Waals surface area contributed by atoms with Crippen molar-refractivity contribution >= 4 is 23.2 Å². The van der Waals surface area contributed by atoms with E-state index in [1.54, 1.807) is 29.4 Å². The molecule has 27 heavy (non-hydrogen) atoms. The highest BCUT2D eigenvalue weighted by molar-refractivity contribution is 7.13. The molecule has 4 rings (SSSR count). The molecule has 2 amide bonds.